The first kappa shape index (κ1) is 13.5. The van der Waals surface area contributed by atoms with E-state index in [9.17, 15) is 4.79 Å². The molecule has 1 aliphatic rings. The molecule has 1 aromatic carbocycles. The van der Waals surface area contributed by atoms with Gasteiger partial charge in [-0.2, -0.15) is 0 Å². The summed E-state index contributed by atoms with van der Waals surface area (Å²) in [7, 11) is 1.99. The highest BCUT2D eigenvalue weighted by atomic mass is 32.2. The van der Waals surface area contributed by atoms with Crippen molar-refractivity contribution in [2.45, 2.75) is 29.7 Å². The first-order chi connectivity index (χ1) is 10.7. The fourth-order valence-corrected chi connectivity index (χ4v) is 3.27. The van der Waals surface area contributed by atoms with E-state index < -0.39 is 0 Å². The van der Waals surface area contributed by atoms with Crippen molar-refractivity contribution in [2.24, 2.45) is 7.05 Å². The third-order valence-electron chi connectivity index (χ3n) is 3.81. The largest absolute Gasteiger partial charge is 0.309 e. The second kappa shape index (κ2) is 5.24. The van der Waals surface area contributed by atoms with Gasteiger partial charge in [-0.3, -0.25) is 4.79 Å². The van der Waals surface area contributed by atoms with E-state index >= 15 is 0 Å². The number of nitrogens with one attached hydrogen (secondary N) is 1. The molecule has 2 aromatic heterocycles. The van der Waals surface area contributed by atoms with Crippen LogP contribution in [0, 0.1) is 0 Å². The molecule has 0 aliphatic heterocycles. The molecule has 0 radical (unpaired) electrons. The fourth-order valence-electron chi connectivity index (χ4n) is 2.49. The smallest absolute Gasteiger partial charge is 0.258 e. The summed E-state index contributed by atoms with van der Waals surface area (Å²) in [6.07, 6.45) is 2.41. The molecule has 0 saturated heterocycles. The predicted molar refractivity (Wildman–Crippen MR) is 84.9 cm³/mol. The molecule has 22 heavy (non-hydrogen) atoms. The lowest BCUT2D eigenvalue weighted by atomic mass is 10.2. The van der Waals surface area contributed by atoms with E-state index in [-0.39, 0.29) is 5.56 Å². The maximum absolute atomic E-state index is 12.0. The molecule has 3 aromatic rings. The SMILES string of the molecule is Cn1c(SCc2nc3ccccc3c(=O)[nH]2)nnc1C1CC1. The monoisotopic (exact) mass is 313 g/mol. The second-order valence-corrected chi connectivity index (χ2v) is 6.44. The normalized spacial score (nSPS) is 14.6. The van der Waals surface area contributed by atoms with E-state index in [2.05, 4.69) is 20.2 Å². The molecule has 2 heterocycles. The number of hydrogen-bond donors (Lipinski definition) is 1. The zero-order valence-corrected chi connectivity index (χ0v) is 12.9. The Labute approximate surface area is 131 Å². The Hall–Kier alpha value is -2.15. The van der Waals surface area contributed by atoms with Gasteiger partial charge in [0.25, 0.3) is 5.56 Å². The Bertz CT molecular complexity index is 896. The van der Waals surface area contributed by atoms with E-state index in [1.807, 2.05) is 29.8 Å². The van der Waals surface area contributed by atoms with Gasteiger partial charge in [0.2, 0.25) is 0 Å². The van der Waals surface area contributed by atoms with Gasteiger partial charge in [0, 0.05) is 13.0 Å². The van der Waals surface area contributed by atoms with E-state index in [1.165, 1.54) is 12.8 Å². The minimum atomic E-state index is -0.0992. The molecule has 0 bridgehead atoms. The van der Waals surface area contributed by atoms with Gasteiger partial charge in [-0.25, -0.2) is 4.98 Å². The quantitative estimate of drug-likeness (QED) is 0.747. The predicted octanol–water partition coefficient (Wildman–Crippen LogP) is 2.22. The Balaban J connectivity index is 1.57. The molecule has 1 aliphatic carbocycles. The van der Waals surface area contributed by atoms with Gasteiger partial charge < -0.3 is 9.55 Å². The van der Waals surface area contributed by atoms with Gasteiger partial charge in [0.05, 0.1) is 16.7 Å². The summed E-state index contributed by atoms with van der Waals surface area (Å²) >= 11 is 1.54. The number of H-pyrrole nitrogens is 1. The Morgan fingerprint density at radius 3 is 2.95 bits per heavy atom. The number of fused-ring (bicyclic) bond motifs is 1. The Morgan fingerprint density at radius 2 is 2.14 bits per heavy atom. The maximum Gasteiger partial charge on any atom is 0.258 e. The molecule has 0 unspecified atom stereocenters. The molecule has 0 atom stereocenters. The average molecular weight is 313 g/mol. The third kappa shape index (κ3) is 2.41. The number of aromatic nitrogens is 5. The van der Waals surface area contributed by atoms with Crippen molar-refractivity contribution in [3.8, 4) is 0 Å². The van der Waals surface area contributed by atoms with Gasteiger partial charge in [0.15, 0.2) is 5.16 Å². The van der Waals surface area contributed by atoms with Crippen molar-refractivity contribution < 1.29 is 0 Å². The van der Waals surface area contributed by atoms with Crippen molar-refractivity contribution >= 4 is 22.7 Å². The van der Waals surface area contributed by atoms with Crippen LogP contribution in [0.2, 0.25) is 0 Å². The summed E-state index contributed by atoms with van der Waals surface area (Å²) in [5.74, 6) is 2.86. The lowest BCUT2D eigenvalue weighted by Crippen LogP contribution is -2.11. The highest BCUT2D eigenvalue weighted by molar-refractivity contribution is 7.98. The molecule has 1 saturated carbocycles. The van der Waals surface area contributed by atoms with Crippen LogP contribution in [0.5, 0.6) is 0 Å². The van der Waals surface area contributed by atoms with Crippen LogP contribution in [-0.2, 0) is 12.8 Å². The zero-order valence-electron chi connectivity index (χ0n) is 12.1. The van der Waals surface area contributed by atoms with Crippen LogP contribution in [-0.4, -0.2) is 24.7 Å². The number of nitrogens with zero attached hydrogens (tertiary/aromatic N) is 4. The summed E-state index contributed by atoms with van der Waals surface area (Å²) in [4.78, 5) is 19.4. The van der Waals surface area contributed by atoms with Crippen molar-refractivity contribution in [1.29, 1.82) is 0 Å². The topological polar surface area (TPSA) is 76.5 Å². The zero-order chi connectivity index (χ0) is 15.1. The Kier molecular flexibility index (Phi) is 3.22. The summed E-state index contributed by atoms with van der Waals surface area (Å²) < 4.78 is 2.04. The number of para-hydroxylation sites is 1. The lowest BCUT2D eigenvalue weighted by molar-refractivity contribution is 0.736. The van der Waals surface area contributed by atoms with Crippen LogP contribution in [0.25, 0.3) is 10.9 Å². The lowest BCUT2D eigenvalue weighted by Gasteiger charge is -2.04. The molecule has 4 rings (SSSR count). The maximum atomic E-state index is 12.0. The van der Waals surface area contributed by atoms with Gasteiger partial charge in [0.1, 0.15) is 11.6 Å². The van der Waals surface area contributed by atoms with E-state index in [4.69, 9.17) is 0 Å². The molecule has 1 fully saturated rings. The molecular formula is C15H15N5OS. The molecular weight excluding hydrogens is 298 g/mol. The van der Waals surface area contributed by atoms with E-state index in [0.717, 1.165) is 16.5 Å². The van der Waals surface area contributed by atoms with E-state index in [1.54, 1.807) is 17.8 Å². The molecule has 0 spiro atoms. The van der Waals surface area contributed by atoms with Crippen LogP contribution in [0.3, 0.4) is 0 Å². The fraction of sp³-hybridized carbons (Fsp3) is 0.333. The van der Waals surface area contributed by atoms with Gasteiger partial charge in [-0.05, 0) is 25.0 Å². The molecule has 112 valence electrons. The van der Waals surface area contributed by atoms with Gasteiger partial charge >= 0.3 is 0 Å². The number of benzene rings is 1. The highest BCUT2D eigenvalue weighted by Crippen LogP contribution is 2.39. The van der Waals surface area contributed by atoms with Crippen LogP contribution in [0.1, 0.15) is 30.4 Å². The van der Waals surface area contributed by atoms with Gasteiger partial charge in [-0.1, -0.05) is 23.9 Å². The van der Waals surface area contributed by atoms with Crippen LogP contribution < -0.4 is 5.56 Å². The highest BCUT2D eigenvalue weighted by Gasteiger charge is 2.29. The van der Waals surface area contributed by atoms with Crippen molar-refractivity contribution in [3.63, 3.8) is 0 Å². The standard InChI is InChI=1S/C15H15N5OS/c1-20-13(9-6-7-9)18-19-15(20)22-8-12-16-11-5-3-2-4-10(11)14(21)17-12/h2-5,9H,6-8H2,1H3,(H,16,17,21). The van der Waals surface area contributed by atoms with Crippen molar-refractivity contribution in [1.82, 2.24) is 24.7 Å². The Morgan fingerprint density at radius 1 is 1.32 bits per heavy atom. The van der Waals surface area contributed by atoms with Crippen LogP contribution in [0.15, 0.2) is 34.2 Å². The number of thioether (sulfide) groups is 1. The van der Waals surface area contributed by atoms with Crippen molar-refractivity contribution in [2.75, 3.05) is 0 Å². The molecule has 7 heteroatoms. The molecule has 0 amide bonds. The summed E-state index contributed by atoms with van der Waals surface area (Å²) in [6, 6.07) is 7.36. The first-order valence-corrected chi connectivity index (χ1v) is 8.21. The summed E-state index contributed by atoms with van der Waals surface area (Å²) in [5, 5.41) is 9.97. The van der Waals surface area contributed by atoms with Gasteiger partial charge in [-0.15, -0.1) is 10.2 Å². The summed E-state index contributed by atoms with van der Waals surface area (Å²) in [6.45, 7) is 0. The first-order valence-electron chi connectivity index (χ1n) is 7.22. The average Bonchev–Trinajstić information content (AvgIpc) is 3.29. The number of rotatable bonds is 4. The minimum absolute atomic E-state index is 0.0992. The second-order valence-electron chi connectivity index (χ2n) is 5.49. The van der Waals surface area contributed by atoms with Crippen LogP contribution >= 0.6 is 11.8 Å². The number of hydrogen-bond acceptors (Lipinski definition) is 5. The van der Waals surface area contributed by atoms with Crippen molar-refractivity contribution in [3.05, 3.63) is 46.3 Å². The number of aromatic amines is 1. The molecule has 6 nitrogen and oxygen atoms in total. The molecule has 1 N–H and O–H groups in total. The van der Waals surface area contributed by atoms with Crippen LogP contribution in [0.4, 0.5) is 0 Å². The minimum Gasteiger partial charge on any atom is -0.309 e. The van der Waals surface area contributed by atoms with E-state index in [0.29, 0.717) is 22.9 Å². The summed E-state index contributed by atoms with van der Waals surface area (Å²) in [5.41, 5.74) is 0.622. The third-order valence-corrected chi connectivity index (χ3v) is 4.84.